The molecule has 2 aromatic carbocycles. The van der Waals surface area contributed by atoms with E-state index in [-0.39, 0.29) is 11.3 Å². The zero-order chi connectivity index (χ0) is 26.2. The molecule has 35 heavy (non-hydrogen) atoms. The Kier molecular flexibility index (Phi) is 5.79. The number of thioether (sulfide) groups is 1. The lowest BCUT2D eigenvalue weighted by atomic mass is 9.65. The molecule has 0 spiro atoms. The number of aliphatic hydroxyl groups is 1. The van der Waals surface area contributed by atoms with Crippen LogP contribution in [0, 0.1) is 5.92 Å². The van der Waals surface area contributed by atoms with Gasteiger partial charge in [0.1, 0.15) is 5.75 Å². The third-order valence-electron chi connectivity index (χ3n) is 6.56. The first-order chi connectivity index (χ1) is 15.9. The molecule has 2 N–H and O–H groups in total. The fraction of sp³-hybridized carbons (Fsp3) is 0.455. The first-order valence-electron chi connectivity index (χ1n) is 10.2. The van der Waals surface area contributed by atoms with Crippen molar-refractivity contribution < 1.29 is 49.4 Å². The number of nitrogens with one attached hydrogen (secondary N) is 1. The highest BCUT2D eigenvalue weighted by molar-refractivity contribution is 7.99. The van der Waals surface area contributed by atoms with Crippen molar-refractivity contribution in [2.24, 2.45) is 5.92 Å². The predicted octanol–water partition coefficient (Wildman–Crippen LogP) is 7.06. The zero-order valence-corrected chi connectivity index (χ0v) is 18.8. The number of ether oxygens (including phenoxy) is 1. The molecule has 4 rings (SSSR count). The summed E-state index contributed by atoms with van der Waals surface area (Å²) in [4.78, 5) is 0.674. The maximum Gasteiger partial charge on any atom is 0.573 e. The molecule has 0 aromatic heterocycles. The average Bonchev–Trinajstić information content (AvgIpc) is 2.70. The third-order valence-corrected chi connectivity index (χ3v) is 7.77. The molecule has 192 valence electrons. The summed E-state index contributed by atoms with van der Waals surface area (Å²) in [5, 5.41) is 12.9. The lowest BCUT2D eigenvalue weighted by Gasteiger charge is -2.49. The lowest BCUT2D eigenvalue weighted by Crippen LogP contribution is -2.54. The highest BCUT2D eigenvalue weighted by Crippen LogP contribution is 2.56. The van der Waals surface area contributed by atoms with Crippen LogP contribution in [0.2, 0.25) is 0 Å². The number of fused-ring (bicyclic) bond motifs is 4. The minimum atomic E-state index is -6.03. The van der Waals surface area contributed by atoms with Gasteiger partial charge in [0, 0.05) is 27.8 Å². The Bertz CT molecular complexity index is 1130. The number of hydrogen-bond acceptors (Lipinski definition) is 4. The van der Waals surface area contributed by atoms with Gasteiger partial charge in [-0.25, -0.2) is 0 Å². The van der Waals surface area contributed by atoms with Gasteiger partial charge in [0.2, 0.25) is 0 Å². The second-order valence-electron chi connectivity index (χ2n) is 8.97. The van der Waals surface area contributed by atoms with Crippen LogP contribution in [0.3, 0.4) is 0 Å². The fourth-order valence-corrected chi connectivity index (χ4v) is 6.16. The van der Waals surface area contributed by atoms with Crippen LogP contribution in [-0.2, 0) is 11.0 Å². The summed E-state index contributed by atoms with van der Waals surface area (Å²) in [5.74, 6) is -0.476. The van der Waals surface area contributed by atoms with Crippen LogP contribution in [0.15, 0.2) is 41.3 Å². The molecule has 2 atom stereocenters. The molecule has 0 bridgehead atoms. The normalized spacial score (nSPS) is 21.9. The van der Waals surface area contributed by atoms with Crippen molar-refractivity contribution in [3.05, 3.63) is 53.1 Å². The molecule has 13 heteroatoms. The number of rotatable bonds is 2. The first-order valence-corrected chi connectivity index (χ1v) is 11.1. The molecule has 0 saturated heterocycles. The average molecular weight is 531 g/mol. The summed E-state index contributed by atoms with van der Waals surface area (Å²) in [5.41, 5.74) is -6.64. The topological polar surface area (TPSA) is 41.5 Å². The minimum Gasteiger partial charge on any atom is -0.406 e. The molecule has 2 heterocycles. The number of alkyl halides is 9. The second kappa shape index (κ2) is 7.86. The molecule has 2 aromatic rings. The summed E-state index contributed by atoms with van der Waals surface area (Å²) in [6.45, 7) is 3.27. The Morgan fingerprint density at radius 2 is 1.57 bits per heavy atom. The van der Waals surface area contributed by atoms with E-state index < -0.39 is 53.0 Å². The summed E-state index contributed by atoms with van der Waals surface area (Å²) in [6, 6.07) is 5.54. The van der Waals surface area contributed by atoms with E-state index in [1.807, 2.05) is 0 Å². The SMILES string of the molecule is CC1(C)c2cc(C(O)(C(F)(F)F)C(F)(F)F)ccc2N[C@@H]2c3cc(OC(F)(F)F)ccc3SC[C@H]21. The van der Waals surface area contributed by atoms with Crippen molar-refractivity contribution in [1.82, 2.24) is 0 Å². The van der Waals surface area contributed by atoms with E-state index in [0.717, 1.165) is 6.07 Å². The number of anilines is 1. The number of benzene rings is 2. The maximum atomic E-state index is 13.4. The van der Waals surface area contributed by atoms with Gasteiger partial charge in [-0.3, -0.25) is 0 Å². The van der Waals surface area contributed by atoms with Gasteiger partial charge in [-0.1, -0.05) is 19.9 Å². The van der Waals surface area contributed by atoms with Gasteiger partial charge in [0.15, 0.2) is 0 Å². The van der Waals surface area contributed by atoms with Gasteiger partial charge in [-0.2, -0.15) is 26.3 Å². The molecule has 0 saturated carbocycles. The van der Waals surface area contributed by atoms with E-state index in [2.05, 4.69) is 10.1 Å². The van der Waals surface area contributed by atoms with Crippen LogP contribution < -0.4 is 10.1 Å². The van der Waals surface area contributed by atoms with Crippen molar-refractivity contribution in [2.75, 3.05) is 11.1 Å². The minimum absolute atomic E-state index is 0.120. The first kappa shape index (κ1) is 25.8. The molecular formula is C22H18F9NO2S. The van der Waals surface area contributed by atoms with E-state index in [1.165, 1.54) is 30.0 Å². The quantitative estimate of drug-likeness (QED) is 0.407. The molecule has 2 aliphatic heterocycles. The highest BCUT2D eigenvalue weighted by atomic mass is 32.2. The second-order valence-corrected chi connectivity index (χ2v) is 10.0. The molecule has 2 aliphatic rings. The Morgan fingerprint density at radius 3 is 2.14 bits per heavy atom. The number of halogens is 9. The van der Waals surface area contributed by atoms with Crippen molar-refractivity contribution >= 4 is 17.4 Å². The van der Waals surface area contributed by atoms with Crippen LogP contribution in [0.5, 0.6) is 5.75 Å². The standard InChI is InChI=1S/C22H18F9NO2S/c1-18(2)13-7-10(19(33,20(23,24)25)21(26,27)28)3-5-15(13)32-17-12-8-11(34-22(29,30)31)4-6-16(12)35-9-14(17)18/h3-8,14,17,32-33H,9H2,1-2H3/t14-,17-/m1/s1. The van der Waals surface area contributed by atoms with Gasteiger partial charge >= 0.3 is 18.7 Å². The molecule has 0 fully saturated rings. The summed E-state index contributed by atoms with van der Waals surface area (Å²) in [7, 11) is 0. The predicted molar refractivity (Wildman–Crippen MR) is 109 cm³/mol. The summed E-state index contributed by atoms with van der Waals surface area (Å²) in [6.07, 6.45) is -17.0. The van der Waals surface area contributed by atoms with Crippen LogP contribution >= 0.6 is 11.8 Å². The van der Waals surface area contributed by atoms with Crippen LogP contribution in [-0.4, -0.2) is 29.6 Å². The van der Waals surface area contributed by atoms with Crippen molar-refractivity contribution in [3.63, 3.8) is 0 Å². The smallest absolute Gasteiger partial charge is 0.406 e. The van der Waals surface area contributed by atoms with Crippen molar-refractivity contribution in [2.45, 2.75) is 54.5 Å². The van der Waals surface area contributed by atoms with Gasteiger partial charge in [-0.05, 0) is 46.9 Å². The molecule has 3 nitrogen and oxygen atoms in total. The van der Waals surface area contributed by atoms with Crippen LogP contribution in [0.25, 0.3) is 0 Å². The third kappa shape index (κ3) is 4.20. The van der Waals surface area contributed by atoms with E-state index >= 15 is 0 Å². The largest absolute Gasteiger partial charge is 0.573 e. The van der Waals surface area contributed by atoms with E-state index in [4.69, 9.17) is 0 Å². The Labute approximate surface area is 197 Å². The Balaban J connectivity index is 1.80. The van der Waals surface area contributed by atoms with Crippen molar-refractivity contribution in [1.29, 1.82) is 0 Å². The zero-order valence-electron chi connectivity index (χ0n) is 18.0. The monoisotopic (exact) mass is 531 g/mol. The Hall–Kier alpha value is -2.28. The summed E-state index contributed by atoms with van der Waals surface area (Å²) >= 11 is 1.31. The Morgan fingerprint density at radius 1 is 0.943 bits per heavy atom. The van der Waals surface area contributed by atoms with E-state index in [9.17, 15) is 44.6 Å². The lowest BCUT2D eigenvalue weighted by molar-refractivity contribution is -0.376. The molecule has 0 amide bonds. The fourth-order valence-electron chi connectivity index (χ4n) is 4.68. The van der Waals surface area contributed by atoms with Crippen LogP contribution in [0.1, 0.15) is 36.6 Å². The van der Waals surface area contributed by atoms with E-state index in [1.54, 1.807) is 13.8 Å². The van der Waals surface area contributed by atoms with E-state index in [0.29, 0.717) is 28.3 Å². The molecule has 0 unspecified atom stereocenters. The van der Waals surface area contributed by atoms with Gasteiger partial charge in [0.25, 0.3) is 5.60 Å². The van der Waals surface area contributed by atoms with Gasteiger partial charge in [0.05, 0.1) is 6.04 Å². The summed E-state index contributed by atoms with van der Waals surface area (Å²) < 4.78 is 123. The van der Waals surface area contributed by atoms with Gasteiger partial charge < -0.3 is 15.2 Å². The molecular weight excluding hydrogens is 513 g/mol. The number of hydrogen-bond donors (Lipinski definition) is 2. The molecule has 0 radical (unpaired) electrons. The highest BCUT2D eigenvalue weighted by Gasteiger charge is 2.71. The van der Waals surface area contributed by atoms with Gasteiger partial charge in [-0.15, -0.1) is 24.9 Å². The van der Waals surface area contributed by atoms with Crippen LogP contribution in [0.4, 0.5) is 45.2 Å². The molecule has 0 aliphatic carbocycles. The van der Waals surface area contributed by atoms with Crippen molar-refractivity contribution in [3.8, 4) is 5.75 Å². The maximum absolute atomic E-state index is 13.4.